The standard InChI is InChI=1S/C31H33FN3O4.Mo/c1-3-17-19-11-25-28-20(13-35(25)30(37)21(19)14-39-31(17)38)27-23(34-29(36)16-7-5-4-6-8-16)10-9-18-15(2)22(32)12-24(33-28)26(18)27;/h11-12,16,23,31,38H,3-10,13-14H2,1-2H3,(H,34,36);/q-1;/t23-,31?;/m0./s1. The Bertz CT molecular complexity index is 1600. The van der Waals surface area contributed by atoms with Gasteiger partial charge in [0.1, 0.15) is 12.1 Å². The summed E-state index contributed by atoms with van der Waals surface area (Å²) < 4.78 is 22.3. The van der Waals surface area contributed by atoms with Crippen LogP contribution in [0.1, 0.15) is 91.3 Å². The molecule has 0 bridgehead atoms. The molecule has 4 aliphatic rings. The Hall–Kier alpha value is -2.54. The van der Waals surface area contributed by atoms with Crippen molar-refractivity contribution in [3.8, 4) is 11.4 Å². The number of nitrogens with one attached hydrogen (secondary N) is 1. The molecule has 1 amide bonds. The van der Waals surface area contributed by atoms with E-state index >= 15 is 4.39 Å². The second kappa shape index (κ2) is 10.4. The van der Waals surface area contributed by atoms with Crippen molar-refractivity contribution in [3.05, 3.63) is 67.6 Å². The fourth-order valence-electron chi connectivity index (χ4n) is 7.33. The van der Waals surface area contributed by atoms with E-state index in [-0.39, 0.29) is 56.9 Å². The molecule has 0 spiro atoms. The third-order valence-electron chi connectivity index (χ3n) is 9.44. The first-order valence-corrected chi connectivity index (χ1v) is 14.2. The van der Waals surface area contributed by atoms with Crippen LogP contribution in [0.5, 0.6) is 0 Å². The van der Waals surface area contributed by atoms with E-state index in [1.54, 1.807) is 4.57 Å². The van der Waals surface area contributed by atoms with E-state index in [2.05, 4.69) is 5.32 Å². The zero-order valence-electron chi connectivity index (χ0n) is 22.8. The van der Waals surface area contributed by atoms with Crippen molar-refractivity contribution in [2.24, 2.45) is 5.92 Å². The molecule has 40 heavy (non-hydrogen) atoms. The van der Waals surface area contributed by atoms with Crippen molar-refractivity contribution >= 4 is 16.8 Å². The fourth-order valence-corrected chi connectivity index (χ4v) is 7.33. The molecule has 2 N–H and O–H groups in total. The van der Waals surface area contributed by atoms with Crippen LogP contribution in [-0.4, -0.2) is 26.9 Å². The second-order valence-corrected chi connectivity index (χ2v) is 11.5. The number of carbonyl (C=O) groups excluding carboxylic acids is 1. The number of carbonyl (C=O) groups is 1. The number of nitrogens with zero attached hydrogens (tertiary/aromatic N) is 2. The molecular weight excluding hydrogens is 593 g/mol. The van der Waals surface area contributed by atoms with Gasteiger partial charge < -0.3 is 19.7 Å². The van der Waals surface area contributed by atoms with Crippen molar-refractivity contribution in [3.63, 3.8) is 0 Å². The average molecular weight is 627 g/mol. The van der Waals surface area contributed by atoms with E-state index in [0.717, 1.165) is 47.8 Å². The molecule has 7 nitrogen and oxygen atoms in total. The van der Waals surface area contributed by atoms with Crippen molar-refractivity contribution < 1.29 is 40.1 Å². The first-order chi connectivity index (χ1) is 18.9. The minimum Gasteiger partial charge on any atom is -0.375 e. The van der Waals surface area contributed by atoms with Crippen LogP contribution in [-0.2, 0) is 50.2 Å². The zero-order valence-corrected chi connectivity index (χ0v) is 24.8. The van der Waals surface area contributed by atoms with Crippen molar-refractivity contribution in [2.75, 3.05) is 0 Å². The summed E-state index contributed by atoms with van der Waals surface area (Å²) in [6.45, 7) is 4.12. The quantitative estimate of drug-likeness (QED) is 0.253. The Labute approximate surface area is 246 Å². The molecule has 4 heterocycles. The van der Waals surface area contributed by atoms with Crippen LogP contribution in [0.15, 0.2) is 16.9 Å². The largest absolute Gasteiger partial charge is 0.375 e. The molecule has 2 aromatic heterocycles. The van der Waals surface area contributed by atoms with Crippen LogP contribution in [0.2, 0.25) is 0 Å². The SMILES string of the molecule is CC[C-]1c2cc3n(c(=O)c2COC1O)Cc1c-3nc2cc(F)c(C)c3c2c1[C@@H](NC(=O)C1CCCCC1)CC3.[Mo]. The summed E-state index contributed by atoms with van der Waals surface area (Å²) in [5, 5.41) is 14.7. The summed E-state index contributed by atoms with van der Waals surface area (Å²) in [5.74, 6) is 0.510. The van der Waals surface area contributed by atoms with E-state index in [0.29, 0.717) is 65.3 Å². The molecule has 9 heteroatoms. The number of aliphatic hydroxyl groups excluding tert-OH is 1. The van der Waals surface area contributed by atoms with E-state index < -0.39 is 6.29 Å². The van der Waals surface area contributed by atoms with Gasteiger partial charge in [-0.3, -0.25) is 9.59 Å². The van der Waals surface area contributed by atoms with Gasteiger partial charge in [0.15, 0.2) is 0 Å². The van der Waals surface area contributed by atoms with Crippen LogP contribution >= 0.6 is 0 Å². The molecule has 2 aliphatic heterocycles. The van der Waals surface area contributed by atoms with Crippen LogP contribution in [0.25, 0.3) is 22.3 Å². The van der Waals surface area contributed by atoms with Gasteiger partial charge in [-0.2, -0.15) is 5.56 Å². The summed E-state index contributed by atoms with van der Waals surface area (Å²) in [5.41, 5.74) is 6.43. The number of aromatic nitrogens is 2. The van der Waals surface area contributed by atoms with Crippen molar-refractivity contribution in [1.82, 2.24) is 14.9 Å². The molecule has 7 rings (SSSR count). The Morgan fingerprint density at radius 2 is 1.98 bits per heavy atom. The minimum absolute atomic E-state index is 0. The summed E-state index contributed by atoms with van der Waals surface area (Å²) in [4.78, 5) is 32.1. The number of amides is 1. The number of fused-ring (bicyclic) bond motifs is 5. The summed E-state index contributed by atoms with van der Waals surface area (Å²) in [6.07, 6.45) is 6.01. The maximum atomic E-state index is 15.1. The zero-order chi connectivity index (χ0) is 27.0. The van der Waals surface area contributed by atoms with Gasteiger partial charge in [-0.1, -0.05) is 38.2 Å². The number of hydrogen-bond acceptors (Lipinski definition) is 5. The molecule has 2 aliphatic carbocycles. The Kier molecular flexibility index (Phi) is 7.17. The molecule has 1 aromatic carbocycles. The molecule has 0 saturated heterocycles. The van der Waals surface area contributed by atoms with Gasteiger partial charge in [0.25, 0.3) is 0 Å². The normalized spacial score (nSPS) is 21.4. The monoisotopic (exact) mass is 628 g/mol. The Morgan fingerprint density at radius 1 is 1.20 bits per heavy atom. The van der Waals surface area contributed by atoms with Gasteiger partial charge in [-0.15, -0.1) is 12.0 Å². The van der Waals surface area contributed by atoms with Gasteiger partial charge >= 0.3 is 0 Å². The maximum absolute atomic E-state index is 15.1. The average Bonchev–Trinajstić information content (AvgIpc) is 3.31. The van der Waals surface area contributed by atoms with Crippen LogP contribution in [0, 0.1) is 24.6 Å². The number of aliphatic hydroxyl groups is 1. The fraction of sp³-hybridized carbons (Fsp3) is 0.484. The Balaban J connectivity index is 0.00000289. The summed E-state index contributed by atoms with van der Waals surface area (Å²) >= 11 is 0. The maximum Gasteiger partial charge on any atom is 0.223 e. The van der Waals surface area contributed by atoms with Gasteiger partial charge in [-0.05, 0) is 49.3 Å². The molecule has 2 atom stereocenters. The number of pyridine rings is 2. The van der Waals surface area contributed by atoms with Crippen LogP contribution in [0.3, 0.4) is 0 Å². The molecular formula is C31H33FMoN3O4-. The summed E-state index contributed by atoms with van der Waals surface area (Å²) in [6, 6.07) is 3.20. The third-order valence-corrected chi connectivity index (χ3v) is 9.44. The molecule has 1 unspecified atom stereocenters. The van der Waals surface area contributed by atoms with Gasteiger partial charge in [0.2, 0.25) is 11.5 Å². The Morgan fingerprint density at radius 3 is 2.73 bits per heavy atom. The molecule has 1 fully saturated rings. The van der Waals surface area contributed by atoms with E-state index in [4.69, 9.17) is 9.72 Å². The number of hydrogen-bond donors (Lipinski definition) is 2. The number of benzene rings is 1. The minimum atomic E-state index is -1.05. The molecule has 1 saturated carbocycles. The summed E-state index contributed by atoms with van der Waals surface area (Å²) in [7, 11) is 0. The predicted octanol–water partition coefficient (Wildman–Crippen LogP) is 4.74. The van der Waals surface area contributed by atoms with Gasteiger partial charge in [0.05, 0.1) is 23.8 Å². The smallest absolute Gasteiger partial charge is 0.223 e. The second-order valence-electron chi connectivity index (χ2n) is 11.5. The number of rotatable bonds is 3. The van der Waals surface area contributed by atoms with Gasteiger partial charge in [0, 0.05) is 56.3 Å². The molecule has 0 radical (unpaired) electrons. The van der Waals surface area contributed by atoms with Crippen molar-refractivity contribution in [2.45, 2.75) is 90.7 Å². The van der Waals surface area contributed by atoms with Crippen molar-refractivity contribution in [1.29, 1.82) is 0 Å². The topological polar surface area (TPSA) is 93.4 Å². The van der Waals surface area contributed by atoms with Crippen LogP contribution < -0.4 is 10.9 Å². The number of aryl methyl sites for hydroxylation is 1. The first kappa shape index (κ1) is 27.6. The molecule has 210 valence electrons. The van der Waals surface area contributed by atoms with Crippen LogP contribution in [0.4, 0.5) is 4.39 Å². The number of ether oxygens (including phenoxy) is 1. The van der Waals surface area contributed by atoms with E-state index in [1.807, 2.05) is 19.9 Å². The number of halogens is 1. The first-order valence-electron chi connectivity index (χ1n) is 14.2. The third kappa shape index (κ3) is 4.09. The van der Waals surface area contributed by atoms with Gasteiger partial charge in [-0.25, -0.2) is 9.37 Å². The predicted molar refractivity (Wildman–Crippen MR) is 144 cm³/mol. The molecule has 3 aromatic rings. The van der Waals surface area contributed by atoms with E-state index in [1.165, 1.54) is 12.5 Å². The van der Waals surface area contributed by atoms with E-state index in [9.17, 15) is 14.7 Å².